The van der Waals surface area contributed by atoms with Gasteiger partial charge >= 0.3 is 0 Å². The third-order valence-electron chi connectivity index (χ3n) is 2.29. The smallest absolute Gasteiger partial charge is 0.208 e. The van der Waals surface area contributed by atoms with Gasteiger partial charge in [-0.15, -0.1) is 11.3 Å². The van der Waals surface area contributed by atoms with Crippen LogP contribution in [0.5, 0.6) is 5.75 Å². The normalized spacial score (nSPS) is 11.1. The van der Waals surface area contributed by atoms with E-state index in [1.54, 1.807) is 24.6 Å². The van der Waals surface area contributed by atoms with Crippen LogP contribution in [0.3, 0.4) is 0 Å². The van der Waals surface area contributed by atoms with Crippen LogP contribution in [-0.2, 0) is 6.54 Å². The molecule has 4 nitrogen and oxygen atoms in total. The molecule has 0 radical (unpaired) electrons. The minimum atomic E-state index is 0.418. The van der Waals surface area contributed by atoms with Crippen LogP contribution in [0.4, 0.5) is 0 Å². The molecule has 2 aromatic heterocycles. The third-order valence-corrected chi connectivity index (χ3v) is 3.20. The monoisotopic (exact) mass is 252 g/mol. The molecule has 0 aromatic carbocycles. The van der Waals surface area contributed by atoms with E-state index in [4.69, 9.17) is 9.15 Å². The van der Waals surface area contributed by atoms with Gasteiger partial charge in [0, 0.05) is 6.04 Å². The summed E-state index contributed by atoms with van der Waals surface area (Å²) >= 11 is 1.59. The predicted molar refractivity (Wildman–Crippen MR) is 68.3 cm³/mol. The highest BCUT2D eigenvalue weighted by Crippen LogP contribution is 2.35. The Balaban J connectivity index is 2.12. The van der Waals surface area contributed by atoms with Gasteiger partial charge in [0.05, 0.1) is 19.9 Å². The maximum absolute atomic E-state index is 5.68. The quantitative estimate of drug-likeness (QED) is 0.888. The topological polar surface area (TPSA) is 47.3 Å². The van der Waals surface area contributed by atoms with E-state index in [9.17, 15) is 0 Å². The molecule has 0 fully saturated rings. The van der Waals surface area contributed by atoms with Gasteiger partial charge in [0.1, 0.15) is 10.6 Å². The first kappa shape index (κ1) is 12.1. The summed E-state index contributed by atoms with van der Waals surface area (Å²) in [5.74, 6) is 2.29. The lowest BCUT2D eigenvalue weighted by molar-refractivity contribution is 0.414. The Bertz CT molecular complexity index is 476. The Hall–Kier alpha value is -1.33. The molecule has 2 heterocycles. The van der Waals surface area contributed by atoms with Crippen LogP contribution in [0.2, 0.25) is 0 Å². The van der Waals surface area contributed by atoms with Crippen molar-refractivity contribution < 1.29 is 9.15 Å². The van der Waals surface area contributed by atoms with Gasteiger partial charge in [-0.3, -0.25) is 0 Å². The number of nitrogens with zero attached hydrogens (tertiary/aromatic N) is 1. The van der Waals surface area contributed by atoms with Crippen LogP contribution in [0.25, 0.3) is 10.6 Å². The molecule has 0 aliphatic carbocycles. The summed E-state index contributed by atoms with van der Waals surface area (Å²) in [7, 11) is 1.66. The first-order valence-electron chi connectivity index (χ1n) is 5.50. The van der Waals surface area contributed by atoms with Crippen molar-refractivity contribution in [2.75, 3.05) is 7.11 Å². The van der Waals surface area contributed by atoms with Crippen LogP contribution in [0, 0.1) is 0 Å². The molecule has 17 heavy (non-hydrogen) atoms. The Morgan fingerprint density at radius 2 is 2.35 bits per heavy atom. The van der Waals surface area contributed by atoms with Crippen molar-refractivity contribution in [1.29, 1.82) is 0 Å². The van der Waals surface area contributed by atoms with Crippen LogP contribution >= 0.6 is 11.3 Å². The van der Waals surface area contributed by atoms with Gasteiger partial charge < -0.3 is 14.5 Å². The van der Waals surface area contributed by atoms with Crippen LogP contribution in [-0.4, -0.2) is 18.1 Å². The van der Waals surface area contributed by atoms with Gasteiger partial charge in [0.15, 0.2) is 5.76 Å². The van der Waals surface area contributed by atoms with Crippen molar-refractivity contribution in [2.45, 2.75) is 26.4 Å². The van der Waals surface area contributed by atoms with E-state index in [1.165, 1.54) is 0 Å². The Labute approximate surface area is 105 Å². The number of hydrogen-bond acceptors (Lipinski definition) is 5. The number of methoxy groups -OCH3 is 1. The molecule has 0 bridgehead atoms. The van der Waals surface area contributed by atoms with Crippen molar-refractivity contribution in [3.63, 3.8) is 0 Å². The van der Waals surface area contributed by atoms with Crippen LogP contribution in [0.15, 0.2) is 22.1 Å². The highest BCUT2D eigenvalue weighted by molar-refractivity contribution is 7.13. The molecule has 2 rings (SSSR count). The van der Waals surface area contributed by atoms with E-state index in [0.29, 0.717) is 18.5 Å². The molecule has 1 N–H and O–H groups in total. The van der Waals surface area contributed by atoms with Gasteiger partial charge in [-0.2, -0.15) is 0 Å². The number of oxazole rings is 1. The SMILES string of the molecule is COc1ccsc1-c1cnc(CNC(C)C)o1. The first-order chi connectivity index (χ1) is 8.20. The second-order valence-electron chi connectivity index (χ2n) is 3.97. The van der Waals surface area contributed by atoms with E-state index in [-0.39, 0.29) is 0 Å². The Morgan fingerprint density at radius 3 is 3.06 bits per heavy atom. The maximum atomic E-state index is 5.68. The molecule has 0 aliphatic heterocycles. The van der Waals surface area contributed by atoms with Crippen LogP contribution < -0.4 is 10.1 Å². The second-order valence-corrected chi connectivity index (χ2v) is 4.89. The third kappa shape index (κ3) is 2.87. The highest BCUT2D eigenvalue weighted by Gasteiger charge is 2.12. The molecule has 2 aromatic rings. The zero-order chi connectivity index (χ0) is 12.3. The number of rotatable bonds is 5. The van der Waals surface area contributed by atoms with Gasteiger partial charge in [0.25, 0.3) is 0 Å². The standard InChI is InChI=1S/C12H16N2O2S/c1-8(2)13-7-11-14-6-10(16-11)12-9(15-3)4-5-17-12/h4-6,8,13H,7H2,1-3H3. The lowest BCUT2D eigenvalue weighted by Gasteiger charge is -2.04. The van der Waals surface area contributed by atoms with E-state index in [0.717, 1.165) is 16.4 Å². The van der Waals surface area contributed by atoms with Gasteiger partial charge in [-0.1, -0.05) is 13.8 Å². The molecule has 0 atom stereocenters. The summed E-state index contributed by atoms with van der Waals surface area (Å²) in [6.45, 7) is 4.82. The lowest BCUT2D eigenvalue weighted by atomic mass is 10.4. The lowest BCUT2D eigenvalue weighted by Crippen LogP contribution is -2.21. The molecular weight excluding hydrogens is 236 g/mol. The zero-order valence-corrected chi connectivity index (χ0v) is 11.0. The summed E-state index contributed by atoms with van der Waals surface area (Å²) in [4.78, 5) is 5.22. The summed E-state index contributed by atoms with van der Waals surface area (Å²) < 4.78 is 10.9. The molecule has 92 valence electrons. The summed E-state index contributed by atoms with van der Waals surface area (Å²) in [6, 6.07) is 2.34. The van der Waals surface area contributed by atoms with Gasteiger partial charge in [-0.25, -0.2) is 4.98 Å². The number of hydrogen-bond donors (Lipinski definition) is 1. The van der Waals surface area contributed by atoms with Crippen molar-refractivity contribution in [3.8, 4) is 16.4 Å². The van der Waals surface area contributed by atoms with E-state index < -0.39 is 0 Å². The van der Waals surface area contributed by atoms with Crippen molar-refractivity contribution in [1.82, 2.24) is 10.3 Å². The molecule has 0 saturated heterocycles. The zero-order valence-electron chi connectivity index (χ0n) is 10.2. The van der Waals surface area contributed by atoms with Crippen molar-refractivity contribution in [2.24, 2.45) is 0 Å². The Morgan fingerprint density at radius 1 is 1.53 bits per heavy atom. The first-order valence-corrected chi connectivity index (χ1v) is 6.38. The summed E-state index contributed by atoms with van der Waals surface area (Å²) in [5, 5.41) is 5.24. The van der Waals surface area contributed by atoms with E-state index in [2.05, 4.69) is 24.1 Å². The fraction of sp³-hybridized carbons (Fsp3) is 0.417. The largest absolute Gasteiger partial charge is 0.495 e. The molecule has 0 saturated carbocycles. The molecule has 0 unspecified atom stereocenters. The van der Waals surface area contributed by atoms with Gasteiger partial charge in [0.2, 0.25) is 5.89 Å². The van der Waals surface area contributed by atoms with Gasteiger partial charge in [-0.05, 0) is 11.4 Å². The van der Waals surface area contributed by atoms with Crippen LogP contribution in [0.1, 0.15) is 19.7 Å². The molecule has 0 spiro atoms. The Kier molecular flexibility index (Phi) is 3.81. The van der Waals surface area contributed by atoms with E-state index >= 15 is 0 Å². The van der Waals surface area contributed by atoms with Crippen molar-refractivity contribution >= 4 is 11.3 Å². The molecule has 0 aliphatic rings. The average Bonchev–Trinajstić information content (AvgIpc) is 2.94. The highest BCUT2D eigenvalue weighted by atomic mass is 32.1. The number of nitrogens with one attached hydrogen (secondary N) is 1. The van der Waals surface area contributed by atoms with E-state index in [1.807, 2.05) is 11.4 Å². The molecule has 0 amide bonds. The maximum Gasteiger partial charge on any atom is 0.208 e. The van der Waals surface area contributed by atoms with Crippen molar-refractivity contribution in [3.05, 3.63) is 23.5 Å². The summed E-state index contributed by atoms with van der Waals surface area (Å²) in [5.41, 5.74) is 0. The second kappa shape index (κ2) is 5.33. The number of ether oxygens (including phenoxy) is 1. The summed E-state index contributed by atoms with van der Waals surface area (Å²) in [6.07, 6.45) is 1.74. The minimum absolute atomic E-state index is 0.418. The minimum Gasteiger partial charge on any atom is -0.495 e. The predicted octanol–water partition coefficient (Wildman–Crippen LogP) is 2.91. The molecule has 5 heteroatoms. The fourth-order valence-electron chi connectivity index (χ4n) is 1.43. The number of thiophene rings is 1. The fourth-order valence-corrected chi connectivity index (χ4v) is 2.23. The molecular formula is C12H16N2O2S. The number of aromatic nitrogens is 1. The average molecular weight is 252 g/mol.